The predicted molar refractivity (Wildman–Crippen MR) is 93.2 cm³/mol. The van der Waals surface area contributed by atoms with Crippen molar-refractivity contribution >= 4 is 22.0 Å². The maximum absolute atomic E-state index is 13.1. The Morgan fingerprint density at radius 2 is 2.00 bits per heavy atom. The first kappa shape index (κ1) is 14.5. The number of fused-ring (bicyclic) bond motifs is 2. The summed E-state index contributed by atoms with van der Waals surface area (Å²) in [6.45, 7) is 1.93. The third-order valence-electron chi connectivity index (χ3n) is 4.28. The topological polar surface area (TPSA) is 68.3 Å². The fourth-order valence-electron chi connectivity index (χ4n) is 3.07. The highest BCUT2D eigenvalue weighted by Crippen LogP contribution is 2.28. The van der Waals surface area contributed by atoms with Crippen LogP contribution in [0.15, 0.2) is 51.7 Å². The molecule has 0 fully saturated rings. The highest BCUT2D eigenvalue weighted by molar-refractivity contribution is 5.85. The van der Waals surface area contributed by atoms with Gasteiger partial charge in [0.05, 0.1) is 16.4 Å². The summed E-state index contributed by atoms with van der Waals surface area (Å²) in [5.74, 6) is 1.23. The standard InChI is InChI=1S/C19H16N2O3/c1-3-15-17(18(23)12-9-8-11(22)10-16(12)24-15)19-20-13-6-4-5-7-14(13)21(19)2/h4-10,22H,3H2,1-2H3. The van der Waals surface area contributed by atoms with E-state index >= 15 is 0 Å². The summed E-state index contributed by atoms with van der Waals surface area (Å²) in [5, 5.41) is 10.1. The number of hydrogen-bond acceptors (Lipinski definition) is 4. The van der Waals surface area contributed by atoms with Crippen molar-refractivity contribution in [1.29, 1.82) is 0 Å². The minimum absolute atomic E-state index is 0.0724. The van der Waals surface area contributed by atoms with E-state index in [0.717, 1.165) is 11.0 Å². The lowest BCUT2D eigenvalue weighted by Gasteiger charge is -2.09. The number of imidazole rings is 1. The molecule has 0 aliphatic heterocycles. The fourth-order valence-corrected chi connectivity index (χ4v) is 3.07. The molecule has 2 heterocycles. The zero-order chi connectivity index (χ0) is 16.8. The van der Waals surface area contributed by atoms with Crippen molar-refractivity contribution < 1.29 is 9.52 Å². The number of hydrogen-bond donors (Lipinski definition) is 1. The van der Waals surface area contributed by atoms with Gasteiger partial charge in [-0.3, -0.25) is 4.79 Å². The largest absolute Gasteiger partial charge is 0.508 e. The molecule has 4 aromatic rings. The number of aryl methyl sites for hydroxylation is 2. The number of rotatable bonds is 2. The second-order valence-corrected chi connectivity index (χ2v) is 5.75. The van der Waals surface area contributed by atoms with Crippen molar-refractivity contribution in [2.24, 2.45) is 7.05 Å². The van der Waals surface area contributed by atoms with Crippen molar-refractivity contribution in [3.63, 3.8) is 0 Å². The molecule has 0 aliphatic carbocycles. The van der Waals surface area contributed by atoms with Gasteiger partial charge in [-0.25, -0.2) is 4.98 Å². The lowest BCUT2D eigenvalue weighted by Crippen LogP contribution is -2.11. The number of phenolic OH excluding ortho intramolecular Hbond substituents is 1. The Bertz CT molecular complexity index is 1140. The fraction of sp³-hybridized carbons (Fsp3) is 0.158. The molecule has 0 spiro atoms. The summed E-state index contributed by atoms with van der Waals surface area (Å²) in [4.78, 5) is 17.7. The van der Waals surface area contributed by atoms with Gasteiger partial charge < -0.3 is 14.1 Å². The van der Waals surface area contributed by atoms with Crippen LogP contribution < -0.4 is 5.43 Å². The van der Waals surface area contributed by atoms with Crippen LogP contribution in [-0.4, -0.2) is 14.7 Å². The van der Waals surface area contributed by atoms with Crippen LogP contribution in [0.5, 0.6) is 5.75 Å². The normalized spacial score (nSPS) is 11.4. The first-order chi connectivity index (χ1) is 11.6. The van der Waals surface area contributed by atoms with Crippen LogP contribution in [0.3, 0.4) is 0 Å². The average molecular weight is 320 g/mol. The zero-order valence-electron chi connectivity index (χ0n) is 13.4. The van der Waals surface area contributed by atoms with Crippen molar-refractivity contribution in [1.82, 2.24) is 9.55 Å². The van der Waals surface area contributed by atoms with Gasteiger partial charge in [-0.1, -0.05) is 19.1 Å². The molecule has 0 radical (unpaired) electrons. The summed E-state index contributed by atoms with van der Waals surface area (Å²) in [6, 6.07) is 12.3. The highest BCUT2D eigenvalue weighted by Gasteiger charge is 2.20. The molecule has 5 heteroatoms. The van der Waals surface area contributed by atoms with E-state index in [1.807, 2.05) is 42.8 Å². The van der Waals surface area contributed by atoms with Crippen molar-refractivity contribution in [3.05, 3.63) is 58.4 Å². The lowest BCUT2D eigenvalue weighted by molar-refractivity contribution is 0.472. The number of benzene rings is 2. The van der Waals surface area contributed by atoms with Gasteiger partial charge >= 0.3 is 0 Å². The van der Waals surface area contributed by atoms with Crippen molar-refractivity contribution in [3.8, 4) is 17.1 Å². The number of nitrogens with zero attached hydrogens (tertiary/aromatic N) is 2. The molecule has 0 saturated heterocycles. The predicted octanol–water partition coefficient (Wildman–Crippen LogP) is 3.61. The van der Waals surface area contributed by atoms with Gasteiger partial charge in [-0.05, 0) is 24.3 Å². The van der Waals surface area contributed by atoms with Gasteiger partial charge in [0, 0.05) is 19.5 Å². The molecule has 0 saturated carbocycles. The first-order valence-corrected chi connectivity index (χ1v) is 7.80. The van der Waals surface area contributed by atoms with Gasteiger partial charge in [-0.2, -0.15) is 0 Å². The molecular weight excluding hydrogens is 304 g/mol. The quantitative estimate of drug-likeness (QED) is 0.612. The number of aromatic hydroxyl groups is 1. The second kappa shape index (κ2) is 5.23. The molecular formula is C19H16N2O3. The maximum atomic E-state index is 13.1. The number of para-hydroxylation sites is 2. The summed E-state index contributed by atoms with van der Waals surface area (Å²) in [6.07, 6.45) is 0.555. The third-order valence-corrected chi connectivity index (χ3v) is 4.28. The minimum atomic E-state index is -0.133. The molecule has 0 bridgehead atoms. The smallest absolute Gasteiger partial charge is 0.203 e. The summed E-state index contributed by atoms with van der Waals surface area (Å²) < 4.78 is 7.81. The Labute approximate surface area is 137 Å². The monoisotopic (exact) mass is 320 g/mol. The second-order valence-electron chi connectivity index (χ2n) is 5.75. The van der Waals surface area contributed by atoms with E-state index < -0.39 is 0 Å². The summed E-state index contributed by atoms with van der Waals surface area (Å²) in [5.41, 5.74) is 2.53. The van der Waals surface area contributed by atoms with E-state index in [9.17, 15) is 9.90 Å². The summed E-state index contributed by atoms with van der Waals surface area (Å²) in [7, 11) is 1.89. The van der Waals surface area contributed by atoms with Crippen LogP contribution in [0.2, 0.25) is 0 Å². The van der Waals surface area contributed by atoms with Gasteiger partial charge in [0.2, 0.25) is 5.43 Å². The maximum Gasteiger partial charge on any atom is 0.203 e. The third kappa shape index (κ3) is 2.01. The Balaban J connectivity index is 2.12. The van der Waals surface area contributed by atoms with Gasteiger partial charge in [0.25, 0.3) is 0 Å². The Morgan fingerprint density at radius 1 is 1.21 bits per heavy atom. The van der Waals surface area contributed by atoms with Gasteiger partial charge in [0.1, 0.15) is 28.5 Å². The van der Waals surface area contributed by atoms with E-state index in [2.05, 4.69) is 4.98 Å². The summed E-state index contributed by atoms with van der Waals surface area (Å²) >= 11 is 0. The zero-order valence-corrected chi connectivity index (χ0v) is 13.4. The SMILES string of the molecule is CCc1oc2cc(O)ccc2c(=O)c1-c1nc2ccccc2n1C. The van der Waals surface area contributed by atoms with Crippen LogP contribution in [0.4, 0.5) is 0 Å². The molecule has 0 unspecified atom stereocenters. The number of phenols is 1. The van der Waals surface area contributed by atoms with Crippen LogP contribution in [0.1, 0.15) is 12.7 Å². The molecule has 0 atom stereocenters. The van der Waals surface area contributed by atoms with Crippen LogP contribution >= 0.6 is 0 Å². The molecule has 1 N–H and O–H groups in total. The average Bonchev–Trinajstić information content (AvgIpc) is 2.91. The molecule has 2 aromatic heterocycles. The Hall–Kier alpha value is -3.08. The minimum Gasteiger partial charge on any atom is -0.508 e. The molecule has 2 aromatic carbocycles. The van der Waals surface area contributed by atoms with Crippen LogP contribution in [0, 0.1) is 0 Å². The van der Waals surface area contributed by atoms with E-state index in [-0.39, 0.29) is 11.2 Å². The van der Waals surface area contributed by atoms with Gasteiger partial charge in [0.15, 0.2) is 0 Å². The Morgan fingerprint density at radius 3 is 2.75 bits per heavy atom. The van der Waals surface area contributed by atoms with E-state index in [4.69, 9.17) is 4.42 Å². The first-order valence-electron chi connectivity index (χ1n) is 7.80. The van der Waals surface area contributed by atoms with Gasteiger partial charge in [-0.15, -0.1) is 0 Å². The molecule has 0 aliphatic rings. The van der Waals surface area contributed by atoms with Crippen LogP contribution in [-0.2, 0) is 13.5 Å². The van der Waals surface area contributed by atoms with Crippen LogP contribution in [0.25, 0.3) is 33.4 Å². The number of aromatic nitrogens is 2. The van der Waals surface area contributed by atoms with Crippen molar-refractivity contribution in [2.75, 3.05) is 0 Å². The molecule has 24 heavy (non-hydrogen) atoms. The molecule has 0 amide bonds. The highest BCUT2D eigenvalue weighted by atomic mass is 16.3. The molecule has 4 rings (SSSR count). The van der Waals surface area contributed by atoms with Crippen molar-refractivity contribution in [2.45, 2.75) is 13.3 Å². The van der Waals surface area contributed by atoms with E-state index in [1.54, 1.807) is 6.07 Å². The Kier molecular flexibility index (Phi) is 3.16. The van der Waals surface area contributed by atoms with E-state index in [1.165, 1.54) is 12.1 Å². The molecule has 120 valence electrons. The lowest BCUT2D eigenvalue weighted by atomic mass is 10.1. The van der Waals surface area contributed by atoms with E-state index in [0.29, 0.717) is 34.5 Å². The molecule has 5 nitrogen and oxygen atoms in total.